The molecule has 6 heteroatoms. The van der Waals surface area contributed by atoms with Crippen molar-refractivity contribution >= 4 is 5.96 Å². The first kappa shape index (κ1) is 22.1. The standard InChI is InChI=1S/C26H33N5O/c1-2-28-26(30-23-11-13-24(32)14-12-23)29-17-22-5-3-4-6-25(22)21-9-7-20(8-10-21)18-31-16-15-27-19-31/h3-10,15-16,19,23-24,32H,2,11-14,17-18H2,1H3,(H2,28,29,30). The van der Waals surface area contributed by atoms with Gasteiger partial charge in [-0.1, -0.05) is 48.5 Å². The van der Waals surface area contributed by atoms with E-state index in [4.69, 9.17) is 4.99 Å². The zero-order chi connectivity index (χ0) is 22.2. The summed E-state index contributed by atoms with van der Waals surface area (Å²) in [6, 6.07) is 17.6. The van der Waals surface area contributed by atoms with Crippen molar-refractivity contribution in [3.63, 3.8) is 0 Å². The highest BCUT2D eigenvalue weighted by molar-refractivity contribution is 5.80. The van der Waals surface area contributed by atoms with Gasteiger partial charge in [0.25, 0.3) is 0 Å². The summed E-state index contributed by atoms with van der Waals surface area (Å²) >= 11 is 0. The van der Waals surface area contributed by atoms with Gasteiger partial charge in [0.05, 0.1) is 19.0 Å². The number of aromatic nitrogens is 2. The topological polar surface area (TPSA) is 74.5 Å². The van der Waals surface area contributed by atoms with E-state index >= 15 is 0 Å². The molecule has 0 unspecified atom stereocenters. The van der Waals surface area contributed by atoms with E-state index in [1.54, 1.807) is 6.20 Å². The number of imidazole rings is 1. The summed E-state index contributed by atoms with van der Waals surface area (Å²) in [4.78, 5) is 8.98. The van der Waals surface area contributed by atoms with Gasteiger partial charge in [-0.05, 0) is 54.9 Å². The largest absolute Gasteiger partial charge is 0.393 e. The van der Waals surface area contributed by atoms with Crippen LogP contribution in [0.2, 0.25) is 0 Å². The summed E-state index contributed by atoms with van der Waals surface area (Å²) in [5.74, 6) is 0.847. The van der Waals surface area contributed by atoms with Crippen LogP contribution in [-0.2, 0) is 13.1 Å². The Balaban J connectivity index is 1.46. The molecule has 1 heterocycles. The Hall–Kier alpha value is -3.12. The summed E-state index contributed by atoms with van der Waals surface area (Å²) in [7, 11) is 0. The fourth-order valence-electron chi connectivity index (χ4n) is 4.22. The van der Waals surface area contributed by atoms with Gasteiger partial charge in [-0.2, -0.15) is 0 Å². The first-order chi connectivity index (χ1) is 15.7. The lowest BCUT2D eigenvalue weighted by Gasteiger charge is -2.27. The lowest BCUT2D eigenvalue weighted by Crippen LogP contribution is -2.45. The molecule has 0 amide bonds. The molecule has 1 aliphatic carbocycles. The molecule has 1 aromatic heterocycles. The van der Waals surface area contributed by atoms with Crippen LogP contribution in [0.25, 0.3) is 11.1 Å². The molecular formula is C26H33N5O. The number of guanidine groups is 1. The van der Waals surface area contributed by atoms with E-state index in [2.05, 4.69) is 75.6 Å². The van der Waals surface area contributed by atoms with Crippen LogP contribution in [0.4, 0.5) is 0 Å². The van der Waals surface area contributed by atoms with E-state index in [0.717, 1.165) is 44.7 Å². The predicted octanol–water partition coefficient (Wildman–Crippen LogP) is 3.96. The number of hydrogen-bond donors (Lipinski definition) is 3. The van der Waals surface area contributed by atoms with Gasteiger partial charge in [-0.25, -0.2) is 9.98 Å². The van der Waals surface area contributed by atoms with E-state index in [1.807, 2.05) is 12.5 Å². The quantitative estimate of drug-likeness (QED) is 0.391. The van der Waals surface area contributed by atoms with Crippen molar-refractivity contribution in [3.05, 3.63) is 78.4 Å². The Bertz CT molecular complexity index is 989. The van der Waals surface area contributed by atoms with Crippen molar-refractivity contribution in [2.24, 2.45) is 4.99 Å². The number of aliphatic imine (C=N–C) groups is 1. The average Bonchev–Trinajstić information content (AvgIpc) is 3.33. The molecular weight excluding hydrogens is 398 g/mol. The van der Waals surface area contributed by atoms with E-state index in [-0.39, 0.29) is 6.10 Å². The molecule has 168 valence electrons. The van der Waals surface area contributed by atoms with Crippen LogP contribution in [0.1, 0.15) is 43.7 Å². The first-order valence-corrected chi connectivity index (χ1v) is 11.6. The van der Waals surface area contributed by atoms with Crippen LogP contribution < -0.4 is 10.6 Å². The van der Waals surface area contributed by atoms with Gasteiger partial charge in [0.15, 0.2) is 5.96 Å². The van der Waals surface area contributed by atoms with Crippen LogP contribution in [0.15, 0.2) is 72.2 Å². The zero-order valence-corrected chi connectivity index (χ0v) is 18.7. The summed E-state index contributed by atoms with van der Waals surface area (Å²) in [5, 5.41) is 16.7. The number of nitrogens with one attached hydrogen (secondary N) is 2. The minimum atomic E-state index is -0.147. The molecule has 0 atom stereocenters. The molecule has 0 bridgehead atoms. The predicted molar refractivity (Wildman–Crippen MR) is 129 cm³/mol. The molecule has 32 heavy (non-hydrogen) atoms. The minimum Gasteiger partial charge on any atom is -0.393 e. The monoisotopic (exact) mass is 431 g/mol. The molecule has 0 saturated heterocycles. The molecule has 3 N–H and O–H groups in total. The smallest absolute Gasteiger partial charge is 0.191 e. The lowest BCUT2D eigenvalue weighted by atomic mass is 9.93. The van der Waals surface area contributed by atoms with Crippen molar-refractivity contribution in [1.82, 2.24) is 20.2 Å². The van der Waals surface area contributed by atoms with Gasteiger partial charge >= 0.3 is 0 Å². The fourth-order valence-corrected chi connectivity index (χ4v) is 4.22. The van der Waals surface area contributed by atoms with E-state index in [9.17, 15) is 5.11 Å². The third-order valence-corrected chi connectivity index (χ3v) is 6.00. The Morgan fingerprint density at radius 3 is 2.59 bits per heavy atom. The van der Waals surface area contributed by atoms with Gasteiger partial charge in [-0.3, -0.25) is 0 Å². The second kappa shape index (κ2) is 11.0. The maximum Gasteiger partial charge on any atom is 0.191 e. The fraction of sp³-hybridized carbons (Fsp3) is 0.385. The highest BCUT2D eigenvalue weighted by Crippen LogP contribution is 2.25. The van der Waals surface area contributed by atoms with Gasteiger partial charge in [0.1, 0.15) is 0 Å². The third kappa shape index (κ3) is 5.98. The number of hydrogen-bond acceptors (Lipinski definition) is 3. The number of aliphatic hydroxyl groups is 1. The summed E-state index contributed by atoms with van der Waals surface area (Å²) in [6.45, 7) is 4.34. The molecule has 1 fully saturated rings. The normalized spacial score (nSPS) is 19.0. The number of rotatable bonds is 7. The SMILES string of the molecule is CCNC(=NCc1ccccc1-c1ccc(Cn2ccnc2)cc1)NC1CCC(O)CC1. The Labute approximate surface area is 190 Å². The molecule has 1 saturated carbocycles. The second-order valence-corrected chi connectivity index (χ2v) is 8.43. The molecule has 2 aromatic carbocycles. The molecule has 6 nitrogen and oxygen atoms in total. The second-order valence-electron chi connectivity index (χ2n) is 8.43. The number of benzene rings is 2. The molecule has 3 aromatic rings. The first-order valence-electron chi connectivity index (χ1n) is 11.6. The highest BCUT2D eigenvalue weighted by atomic mass is 16.3. The van der Waals surface area contributed by atoms with Crippen molar-refractivity contribution in [2.45, 2.75) is 57.8 Å². The Kier molecular flexibility index (Phi) is 7.56. The van der Waals surface area contributed by atoms with E-state index in [0.29, 0.717) is 12.6 Å². The van der Waals surface area contributed by atoms with Gasteiger partial charge in [0, 0.05) is 31.5 Å². The number of nitrogens with zero attached hydrogens (tertiary/aromatic N) is 3. The maximum absolute atomic E-state index is 9.76. The zero-order valence-electron chi connectivity index (χ0n) is 18.7. The highest BCUT2D eigenvalue weighted by Gasteiger charge is 2.20. The Morgan fingerprint density at radius 2 is 1.88 bits per heavy atom. The lowest BCUT2D eigenvalue weighted by molar-refractivity contribution is 0.120. The Morgan fingerprint density at radius 1 is 1.09 bits per heavy atom. The maximum atomic E-state index is 9.76. The average molecular weight is 432 g/mol. The van der Waals surface area contributed by atoms with Crippen LogP contribution in [0.5, 0.6) is 0 Å². The van der Waals surface area contributed by atoms with Gasteiger partial charge < -0.3 is 20.3 Å². The van der Waals surface area contributed by atoms with Crippen LogP contribution in [-0.4, -0.2) is 39.3 Å². The van der Waals surface area contributed by atoms with E-state index in [1.165, 1.54) is 22.3 Å². The molecule has 0 radical (unpaired) electrons. The van der Waals surface area contributed by atoms with Crippen molar-refractivity contribution in [2.75, 3.05) is 6.54 Å². The minimum absolute atomic E-state index is 0.147. The van der Waals surface area contributed by atoms with Crippen molar-refractivity contribution < 1.29 is 5.11 Å². The molecule has 0 aliphatic heterocycles. The van der Waals surface area contributed by atoms with Crippen LogP contribution in [0.3, 0.4) is 0 Å². The van der Waals surface area contributed by atoms with Crippen molar-refractivity contribution in [1.29, 1.82) is 0 Å². The van der Waals surface area contributed by atoms with Gasteiger partial charge in [-0.15, -0.1) is 0 Å². The van der Waals surface area contributed by atoms with Crippen LogP contribution in [0, 0.1) is 0 Å². The van der Waals surface area contributed by atoms with Gasteiger partial charge in [0.2, 0.25) is 0 Å². The summed E-state index contributed by atoms with van der Waals surface area (Å²) in [6.07, 6.45) is 9.15. The third-order valence-electron chi connectivity index (χ3n) is 6.00. The number of aliphatic hydroxyl groups excluding tert-OH is 1. The molecule has 1 aliphatic rings. The van der Waals surface area contributed by atoms with E-state index < -0.39 is 0 Å². The molecule has 0 spiro atoms. The van der Waals surface area contributed by atoms with Crippen LogP contribution >= 0.6 is 0 Å². The summed E-state index contributed by atoms with van der Waals surface area (Å²) < 4.78 is 2.07. The molecule has 4 rings (SSSR count). The summed E-state index contributed by atoms with van der Waals surface area (Å²) in [5.41, 5.74) is 4.86. The van der Waals surface area contributed by atoms with Crippen molar-refractivity contribution in [3.8, 4) is 11.1 Å².